The molecule has 0 aliphatic heterocycles. The summed E-state index contributed by atoms with van der Waals surface area (Å²) < 4.78 is 6.96. The molecule has 4 nitrogen and oxygen atoms in total. The third-order valence-corrected chi connectivity index (χ3v) is 2.94. The topological polar surface area (TPSA) is 43.9 Å². The fraction of sp³-hybridized carbons (Fsp3) is 0.600. The summed E-state index contributed by atoms with van der Waals surface area (Å²) in [5, 5.41) is 8.09. The SMILES string of the molecule is Cc1ccn(C(C)C)n1.Cc1noc(C)c1C(C)C. The van der Waals surface area contributed by atoms with Crippen LogP contribution in [0.25, 0.3) is 0 Å². The van der Waals surface area contributed by atoms with Crippen molar-refractivity contribution >= 4 is 0 Å². The predicted molar refractivity (Wildman–Crippen MR) is 77.4 cm³/mol. The molecule has 2 aromatic rings. The molecule has 0 aliphatic carbocycles. The Morgan fingerprint density at radius 1 is 1.11 bits per heavy atom. The maximum atomic E-state index is 5.01. The van der Waals surface area contributed by atoms with Crippen molar-refractivity contribution in [2.24, 2.45) is 0 Å². The maximum absolute atomic E-state index is 5.01. The molecule has 0 spiro atoms. The molecule has 0 radical (unpaired) electrons. The third kappa shape index (κ3) is 4.23. The van der Waals surface area contributed by atoms with E-state index in [2.05, 4.69) is 38.0 Å². The van der Waals surface area contributed by atoms with Crippen molar-refractivity contribution in [1.82, 2.24) is 14.9 Å². The summed E-state index contributed by atoms with van der Waals surface area (Å²) in [4.78, 5) is 0. The minimum Gasteiger partial charge on any atom is -0.361 e. The van der Waals surface area contributed by atoms with Crippen LogP contribution in [0.3, 0.4) is 0 Å². The molecule has 0 saturated heterocycles. The van der Waals surface area contributed by atoms with Gasteiger partial charge in [0.25, 0.3) is 0 Å². The molecule has 0 amide bonds. The van der Waals surface area contributed by atoms with Gasteiger partial charge in [-0.05, 0) is 46.6 Å². The van der Waals surface area contributed by atoms with Crippen molar-refractivity contribution in [2.75, 3.05) is 0 Å². The Kier molecular flexibility index (Phi) is 5.33. The monoisotopic (exact) mass is 263 g/mol. The van der Waals surface area contributed by atoms with E-state index in [-0.39, 0.29) is 0 Å². The van der Waals surface area contributed by atoms with E-state index in [0.717, 1.165) is 17.1 Å². The number of hydrogen-bond acceptors (Lipinski definition) is 3. The van der Waals surface area contributed by atoms with Gasteiger partial charge in [-0.3, -0.25) is 4.68 Å². The second-order valence-electron chi connectivity index (χ2n) is 5.42. The first-order chi connectivity index (χ1) is 8.82. The van der Waals surface area contributed by atoms with E-state index in [1.165, 1.54) is 5.56 Å². The Hall–Kier alpha value is -1.58. The van der Waals surface area contributed by atoms with Gasteiger partial charge in [0.15, 0.2) is 0 Å². The highest BCUT2D eigenvalue weighted by atomic mass is 16.5. The van der Waals surface area contributed by atoms with Crippen molar-refractivity contribution < 1.29 is 4.52 Å². The van der Waals surface area contributed by atoms with Gasteiger partial charge in [-0.1, -0.05) is 19.0 Å². The molecule has 106 valence electrons. The van der Waals surface area contributed by atoms with Gasteiger partial charge in [0.1, 0.15) is 5.76 Å². The Bertz CT molecular complexity index is 490. The van der Waals surface area contributed by atoms with Crippen LogP contribution in [-0.2, 0) is 0 Å². The molecular formula is C15H25N3O. The van der Waals surface area contributed by atoms with Crippen LogP contribution in [0.2, 0.25) is 0 Å². The maximum Gasteiger partial charge on any atom is 0.137 e. The van der Waals surface area contributed by atoms with Crippen LogP contribution < -0.4 is 0 Å². The minimum atomic E-state index is 0.485. The van der Waals surface area contributed by atoms with E-state index in [4.69, 9.17) is 4.52 Å². The van der Waals surface area contributed by atoms with Crippen molar-refractivity contribution in [2.45, 2.75) is 60.4 Å². The Morgan fingerprint density at radius 2 is 1.74 bits per heavy atom. The number of nitrogens with zero attached hydrogens (tertiary/aromatic N) is 3. The zero-order valence-corrected chi connectivity index (χ0v) is 13.1. The summed E-state index contributed by atoms with van der Waals surface area (Å²) in [6, 6.07) is 2.50. The molecule has 0 fully saturated rings. The van der Waals surface area contributed by atoms with Gasteiger partial charge in [0.05, 0.1) is 11.4 Å². The Labute approximate surface area is 115 Å². The lowest BCUT2D eigenvalue weighted by molar-refractivity contribution is 0.392. The van der Waals surface area contributed by atoms with Crippen LogP contribution in [0.15, 0.2) is 16.8 Å². The van der Waals surface area contributed by atoms with E-state index in [1.54, 1.807) is 0 Å². The van der Waals surface area contributed by atoms with Gasteiger partial charge in [-0.15, -0.1) is 0 Å². The molecule has 0 unspecified atom stereocenters. The molecule has 0 atom stereocenters. The van der Waals surface area contributed by atoms with Crippen LogP contribution >= 0.6 is 0 Å². The van der Waals surface area contributed by atoms with E-state index in [1.807, 2.05) is 37.7 Å². The van der Waals surface area contributed by atoms with Gasteiger partial charge < -0.3 is 4.52 Å². The molecule has 0 N–H and O–H groups in total. The Balaban J connectivity index is 0.000000191. The zero-order chi connectivity index (χ0) is 14.6. The van der Waals surface area contributed by atoms with Crippen LogP contribution in [0, 0.1) is 20.8 Å². The van der Waals surface area contributed by atoms with Gasteiger partial charge in [-0.25, -0.2) is 0 Å². The molecule has 0 bridgehead atoms. The molecule has 0 saturated carbocycles. The van der Waals surface area contributed by atoms with E-state index in [9.17, 15) is 0 Å². The smallest absolute Gasteiger partial charge is 0.137 e. The first kappa shape index (κ1) is 15.5. The Morgan fingerprint density at radius 3 is 1.95 bits per heavy atom. The highest BCUT2D eigenvalue weighted by molar-refractivity contribution is 5.23. The highest BCUT2D eigenvalue weighted by Gasteiger charge is 2.11. The molecule has 2 aromatic heterocycles. The third-order valence-electron chi connectivity index (χ3n) is 2.94. The fourth-order valence-corrected chi connectivity index (χ4v) is 2.03. The zero-order valence-electron chi connectivity index (χ0n) is 13.1. The number of aryl methyl sites for hydroxylation is 3. The normalized spacial score (nSPS) is 10.8. The lowest BCUT2D eigenvalue weighted by Crippen LogP contribution is -2.00. The van der Waals surface area contributed by atoms with Gasteiger partial charge >= 0.3 is 0 Å². The number of hydrogen-bond donors (Lipinski definition) is 0. The summed E-state index contributed by atoms with van der Waals surface area (Å²) in [6.45, 7) is 14.5. The molecule has 2 heterocycles. The number of aromatic nitrogens is 3. The largest absolute Gasteiger partial charge is 0.361 e. The van der Waals surface area contributed by atoms with E-state index < -0.39 is 0 Å². The molecule has 0 aliphatic rings. The minimum absolute atomic E-state index is 0.485. The van der Waals surface area contributed by atoms with Crippen LogP contribution in [0.1, 0.15) is 62.4 Å². The molecule has 4 heteroatoms. The van der Waals surface area contributed by atoms with E-state index in [0.29, 0.717) is 12.0 Å². The average Bonchev–Trinajstić information content (AvgIpc) is 2.86. The van der Waals surface area contributed by atoms with Crippen LogP contribution in [0.5, 0.6) is 0 Å². The molecule has 19 heavy (non-hydrogen) atoms. The fourth-order valence-electron chi connectivity index (χ4n) is 2.03. The standard InChI is InChI=1S/C8H13NO.C7H12N2/c1-5(2)8-6(3)9-10-7(8)4;1-6(2)9-5-4-7(3)8-9/h5H,1-4H3;4-6H,1-3H3. The van der Waals surface area contributed by atoms with Crippen molar-refractivity contribution in [3.8, 4) is 0 Å². The van der Waals surface area contributed by atoms with Crippen molar-refractivity contribution in [3.63, 3.8) is 0 Å². The van der Waals surface area contributed by atoms with Crippen LogP contribution in [-0.4, -0.2) is 14.9 Å². The summed E-state index contributed by atoms with van der Waals surface area (Å²) in [7, 11) is 0. The summed E-state index contributed by atoms with van der Waals surface area (Å²) in [5.41, 5.74) is 3.36. The number of rotatable bonds is 2. The summed E-state index contributed by atoms with van der Waals surface area (Å²) >= 11 is 0. The second-order valence-corrected chi connectivity index (χ2v) is 5.42. The van der Waals surface area contributed by atoms with E-state index >= 15 is 0 Å². The quantitative estimate of drug-likeness (QED) is 0.816. The summed E-state index contributed by atoms with van der Waals surface area (Å²) in [6.07, 6.45) is 2.00. The first-order valence-corrected chi connectivity index (χ1v) is 6.77. The lowest BCUT2D eigenvalue weighted by atomic mass is 10.0. The molecular weight excluding hydrogens is 238 g/mol. The second kappa shape index (κ2) is 6.55. The van der Waals surface area contributed by atoms with Gasteiger partial charge in [0, 0.05) is 17.8 Å². The first-order valence-electron chi connectivity index (χ1n) is 6.77. The lowest BCUT2D eigenvalue weighted by Gasteiger charge is -2.02. The predicted octanol–water partition coefficient (Wildman–Crippen LogP) is 4.19. The van der Waals surface area contributed by atoms with Crippen molar-refractivity contribution in [3.05, 3.63) is 35.0 Å². The average molecular weight is 263 g/mol. The van der Waals surface area contributed by atoms with Gasteiger partial charge in [0.2, 0.25) is 0 Å². The van der Waals surface area contributed by atoms with Crippen molar-refractivity contribution in [1.29, 1.82) is 0 Å². The van der Waals surface area contributed by atoms with Crippen LogP contribution in [0.4, 0.5) is 0 Å². The summed E-state index contributed by atoms with van der Waals surface area (Å²) in [5.74, 6) is 1.47. The van der Waals surface area contributed by atoms with Gasteiger partial charge in [-0.2, -0.15) is 5.10 Å². The molecule has 2 rings (SSSR count). The highest BCUT2D eigenvalue weighted by Crippen LogP contribution is 2.21. The molecule has 0 aromatic carbocycles.